The molecule has 0 spiro atoms. The SMILES string of the molecule is CC(c1ccc(Cl)cc1Cl)N(C)C(=O)c1nn(C)cc1N. The number of amides is 1. The molecule has 7 heteroatoms. The highest BCUT2D eigenvalue weighted by molar-refractivity contribution is 6.35. The molecule has 0 aliphatic carbocycles. The Labute approximate surface area is 133 Å². The number of nitrogen functional groups attached to an aromatic ring is 1. The Morgan fingerprint density at radius 1 is 1.43 bits per heavy atom. The standard InChI is InChI=1S/C14H16Cl2N4O/c1-8(10-5-4-9(15)6-11(10)16)20(3)14(21)13-12(17)7-19(2)18-13/h4-8H,17H2,1-3H3. The fraction of sp³-hybridized carbons (Fsp3) is 0.286. The number of nitrogens with zero attached hydrogens (tertiary/aromatic N) is 3. The summed E-state index contributed by atoms with van der Waals surface area (Å²) in [6, 6.07) is 4.97. The summed E-state index contributed by atoms with van der Waals surface area (Å²) in [5.74, 6) is -0.258. The number of carbonyl (C=O) groups excluding carboxylic acids is 1. The zero-order valence-electron chi connectivity index (χ0n) is 12.0. The summed E-state index contributed by atoms with van der Waals surface area (Å²) >= 11 is 12.1. The first-order chi connectivity index (χ1) is 9.81. The van der Waals surface area contributed by atoms with E-state index in [0.717, 1.165) is 5.56 Å². The van der Waals surface area contributed by atoms with Gasteiger partial charge in [-0.05, 0) is 24.6 Å². The Morgan fingerprint density at radius 2 is 2.10 bits per heavy atom. The second-order valence-corrected chi connectivity index (χ2v) is 5.71. The molecule has 112 valence electrons. The molecular formula is C14H16Cl2N4O. The molecular weight excluding hydrogens is 311 g/mol. The minimum atomic E-state index is -0.258. The maximum atomic E-state index is 12.5. The lowest BCUT2D eigenvalue weighted by Gasteiger charge is -2.25. The Morgan fingerprint density at radius 3 is 2.62 bits per heavy atom. The van der Waals surface area contributed by atoms with E-state index in [1.807, 2.05) is 6.92 Å². The predicted octanol–water partition coefficient (Wildman–Crippen LogP) is 3.14. The van der Waals surface area contributed by atoms with Crippen LogP contribution >= 0.6 is 23.2 Å². The summed E-state index contributed by atoms with van der Waals surface area (Å²) in [5.41, 5.74) is 7.19. The first-order valence-corrected chi connectivity index (χ1v) is 7.08. The number of aromatic nitrogens is 2. The molecule has 0 saturated heterocycles. The van der Waals surface area contributed by atoms with Gasteiger partial charge < -0.3 is 10.6 Å². The molecule has 0 bridgehead atoms. The van der Waals surface area contributed by atoms with Crippen molar-refractivity contribution in [1.82, 2.24) is 14.7 Å². The summed E-state index contributed by atoms with van der Waals surface area (Å²) in [6.07, 6.45) is 1.60. The van der Waals surface area contributed by atoms with Crippen LogP contribution in [0, 0.1) is 0 Å². The van der Waals surface area contributed by atoms with Gasteiger partial charge in [0.05, 0.1) is 11.7 Å². The van der Waals surface area contributed by atoms with Gasteiger partial charge in [-0.15, -0.1) is 0 Å². The van der Waals surface area contributed by atoms with Gasteiger partial charge in [0.15, 0.2) is 5.69 Å². The molecule has 0 fully saturated rings. The zero-order valence-corrected chi connectivity index (χ0v) is 13.5. The lowest BCUT2D eigenvalue weighted by molar-refractivity contribution is 0.0737. The second-order valence-electron chi connectivity index (χ2n) is 4.86. The van der Waals surface area contributed by atoms with Crippen LogP contribution in [0.5, 0.6) is 0 Å². The smallest absolute Gasteiger partial charge is 0.276 e. The van der Waals surface area contributed by atoms with Crippen LogP contribution in [-0.2, 0) is 7.05 Å². The van der Waals surface area contributed by atoms with E-state index in [-0.39, 0.29) is 17.6 Å². The van der Waals surface area contributed by atoms with E-state index in [0.29, 0.717) is 15.7 Å². The number of hydrogen-bond donors (Lipinski definition) is 1. The summed E-state index contributed by atoms with van der Waals surface area (Å²) in [6.45, 7) is 1.88. The minimum Gasteiger partial charge on any atom is -0.396 e. The fourth-order valence-electron chi connectivity index (χ4n) is 2.06. The molecule has 1 amide bonds. The van der Waals surface area contributed by atoms with Crippen LogP contribution in [0.4, 0.5) is 5.69 Å². The average Bonchev–Trinajstić information content (AvgIpc) is 2.75. The number of aryl methyl sites for hydroxylation is 1. The summed E-state index contributed by atoms with van der Waals surface area (Å²) in [5, 5.41) is 5.16. The Balaban J connectivity index is 2.28. The largest absolute Gasteiger partial charge is 0.396 e. The van der Waals surface area contributed by atoms with Crippen LogP contribution in [-0.4, -0.2) is 27.6 Å². The summed E-state index contributed by atoms with van der Waals surface area (Å²) < 4.78 is 1.51. The predicted molar refractivity (Wildman–Crippen MR) is 84.6 cm³/mol. The van der Waals surface area contributed by atoms with Crippen molar-refractivity contribution in [3.63, 3.8) is 0 Å². The molecule has 1 aromatic heterocycles. The maximum absolute atomic E-state index is 12.5. The number of carbonyl (C=O) groups is 1. The molecule has 1 aromatic carbocycles. The summed E-state index contributed by atoms with van der Waals surface area (Å²) in [4.78, 5) is 14.0. The quantitative estimate of drug-likeness (QED) is 0.942. The van der Waals surface area contributed by atoms with Gasteiger partial charge in [0, 0.05) is 30.3 Å². The molecule has 1 unspecified atom stereocenters. The highest BCUT2D eigenvalue weighted by Crippen LogP contribution is 2.30. The van der Waals surface area contributed by atoms with Crippen molar-refractivity contribution in [2.45, 2.75) is 13.0 Å². The van der Waals surface area contributed by atoms with Gasteiger partial charge in [0.25, 0.3) is 5.91 Å². The van der Waals surface area contributed by atoms with Crippen LogP contribution in [0.1, 0.15) is 29.0 Å². The van der Waals surface area contributed by atoms with E-state index in [9.17, 15) is 4.79 Å². The van der Waals surface area contributed by atoms with Gasteiger partial charge in [-0.25, -0.2) is 0 Å². The third-order valence-electron chi connectivity index (χ3n) is 3.37. The Hall–Kier alpha value is -1.72. The highest BCUT2D eigenvalue weighted by Gasteiger charge is 2.24. The molecule has 2 rings (SSSR count). The lowest BCUT2D eigenvalue weighted by atomic mass is 10.1. The third kappa shape index (κ3) is 3.14. The van der Waals surface area contributed by atoms with Crippen molar-refractivity contribution in [3.8, 4) is 0 Å². The van der Waals surface area contributed by atoms with Gasteiger partial charge in [0.1, 0.15) is 0 Å². The zero-order chi connectivity index (χ0) is 15.7. The van der Waals surface area contributed by atoms with Crippen LogP contribution < -0.4 is 5.73 Å². The van der Waals surface area contributed by atoms with Gasteiger partial charge in [-0.2, -0.15) is 5.10 Å². The molecule has 0 aliphatic heterocycles. The molecule has 5 nitrogen and oxygen atoms in total. The van der Waals surface area contributed by atoms with E-state index in [1.54, 1.807) is 43.4 Å². The molecule has 2 N–H and O–H groups in total. The van der Waals surface area contributed by atoms with Crippen molar-refractivity contribution in [2.75, 3.05) is 12.8 Å². The molecule has 0 saturated carbocycles. The van der Waals surface area contributed by atoms with Crippen LogP contribution in [0.15, 0.2) is 24.4 Å². The second kappa shape index (κ2) is 5.95. The average molecular weight is 327 g/mol. The van der Waals surface area contributed by atoms with E-state index in [2.05, 4.69) is 5.10 Å². The maximum Gasteiger partial charge on any atom is 0.276 e. The minimum absolute atomic E-state index is 0.233. The van der Waals surface area contributed by atoms with Crippen molar-refractivity contribution in [1.29, 1.82) is 0 Å². The Bertz CT molecular complexity index is 684. The molecule has 0 radical (unpaired) electrons. The number of benzene rings is 1. The Kier molecular flexibility index (Phi) is 4.44. The third-order valence-corrected chi connectivity index (χ3v) is 3.94. The van der Waals surface area contributed by atoms with Crippen molar-refractivity contribution in [3.05, 3.63) is 45.7 Å². The number of halogens is 2. The normalized spacial score (nSPS) is 12.2. The van der Waals surface area contributed by atoms with Crippen LogP contribution in [0.2, 0.25) is 10.0 Å². The van der Waals surface area contributed by atoms with E-state index < -0.39 is 0 Å². The number of rotatable bonds is 3. The van der Waals surface area contributed by atoms with E-state index >= 15 is 0 Å². The first kappa shape index (κ1) is 15.7. The molecule has 1 atom stereocenters. The first-order valence-electron chi connectivity index (χ1n) is 6.32. The molecule has 1 heterocycles. The number of anilines is 1. The topological polar surface area (TPSA) is 64.2 Å². The van der Waals surface area contributed by atoms with E-state index in [1.165, 1.54) is 4.68 Å². The molecule has 21 heavy (non-hydrogen) atoms. The van der Waals surface area contributed by atoms with Gasteiger partial charge >= 0.3 is 0 Å². The van der Waals surface area contributed by atoms with E-state index in [4.69, 9.17) is 28.9 Å². The van der Waals surface area contributed by atoms with Crippen molar-refractivity contribution >= 4 is 34.8 Å². The van der Waals surface area contributed by atoms with Gasteiger partial charge in [-0.1, -0.05) is 29.3 Å². The monoisotopic (exact) mass is 326 g/mol. The lowest BCUT2D eigenvalue weighted by Crippen LogP contribution is -2.30. The molecule has 0 aliphatic rings. The van der Waals surface area contributed by atoms with Crippen LogP contribution in [0.25, 0.3) is 0 Å². The fourth-order valence-corrected chi connectivity index (χ4v) is 2.63. The van der Waals surface area contributed by atoms with Crippen molar-refractivity contribution in [2.24, 2.45) is 7.05 Å². The van der Waals surface area contributed by atoms with Crippen LogP contribution in [0.3, 0.4) is 0 Å². The summed E-state index contributed by atoms with van der Waals surface area (Å²) in [7, 11) is 3.40. The van der Waals surface area contributed by atoms with Gasteiger partial charge in [-0.3, -0.25) is 9.48 Å². The highest BCUT2D eigenvalue weighted by atomic mass is 35.5. The molecule has 2 aromatic rings. The van der Waals surface area contributed by atoms with Gasteiger partial charge in [0.2, 0.25) is 0 Å². The number of nitrogens with two attached hydrogens (primary N) is 1. The van der Waals surface area contributed by atoms with Crippen molar-refractivity contribution < 1.29 is 4.79 Å². The number of hydrogen-bond acceptors (Lipinski definition) is 3.